The van der Waals surface area contributed by atoms with Crippen LogP contribution in [0.4, 0.5) is 11.4 Å². The van der Waals surface area contributed by atoms with E-state index in [1.807, 2.05) is 25.1 Å². The number of hydrogen-bond acceptors (Lipinski definition) is 4. The fraction of sp³-hybridized carbons (Fsp3) is 0.333. The van der Waals surface area contributed by atoms with Crippen LogP contribution < -0.4 is 10.6 Å². The molecule has 0 bridgehead atoms. The van der Waals surface area contributed by atoms with E-state index < -0.39 is 0 Å². The number of amides is 1. The molecular weight excluding hydrogens is 370 g/mol. The molecule has 0 spiro atoms. The van der Waals surface area contributed by atoms with Crippen LogP contribution >= 0.6 is 15.9 Å². The number of pyridine rings is 1. The predicted molar refractivity (Wildman–Crippen MR) is 97.7 cm³/mol. The first-order chi connectivity index (χ1) is 11.6. The molecule has 6 heteroatoms. The maximum absolute atomic E-state index is 12.3. The molecule has 1 aliphatic rings. The van der Waals surface area contributed by atoms with Gasteiger partial charge in [0.1, 0.15) is 0 Å². The summed E-state index contributed by atoms with van der Waals surface area (Å²) < 4.78 is 6.55. The van der Waals surface area contributed by atoms with E-state index in [1.165, 1.54) is 5.56 Å². The Morgan fingerprint density at radius 2 is 2.21 bits per heavy atom. The van der Waals surface area contributed by atoms with Crippen LogP contribution in [0.25, 0.3) is 0 Å². The molecule has 1 aromatic heterocycles. The molecule has 5 nitrogen and oxygen atoms in total. The Morgan fingerprint density at radius 3 is 2.96 bits per heavy atom. The number of carbonyl (C=O) groups is 1. The number of halogens is 1. The largest absolute Gasteiger partial charge is 0.376 e. The minimum absolute atomic E-state index is 0.133. The van der Waals surface area contributed by atoms with Gasteiger partial charge in [-0.3, -0.25) is 9.78 Å². The number of nitrogens with one attached hydrogen (secondary N) is 2. The number of aromatic nitrogens is 1. The van der Waals surface area contributed by atoms with Crippen molar-refractivity contribution in [2.24, 2.45) is 0 Å². The zero-order chi connectivity index (χ0) is 16.9. The van der Waals surface area contributed by atoms with E-state index in [1.54, 1.807) is 18.5 Å². The van der Waals surface area contributed by atoms with Crippen LogP contribution in [0, 0.1) is 6.92 Å². The van der Waals surface area contributed by atoms with Gasteiger partial charge in [-0.25, -0.2) is 0 Å². The number of hydrogen-bond donors (Lipinski definition) is 2. The summed E-state index contributed by atoms with van der Waals surface area (Å²) >= 11 is 3.52. The van der Waals surface area contributed by atoms with E-state index in [0.717, 1.165) is 35.3 Å². The average Bonchev–Trinajstić information content (AvgIpc) is 3.10. The second-order valence-electron chi connectivity index (χ2n) is 5.90. The van der Waals surface area contributed by atoms with Crippen molar-refractivity contribution >= 4 is 33.2 Å². The Bertz CT molecular complexity index is 730. The van der Waals surface area contributed by atoms with E-state index in [0.29, 0.717) is 12.1 Å². The van der Waals surface area contributed by atoms with Crippen LogP contribution in [0.1, 0.15) is 28.8 Å². The zero-order valence-electron chi connectivity index (χ0n) is 13.5. The SMILES string of the molecule is Cc1ccc(Nc2cncc(C(=O)NCC3CCCO3)c2)cc1Br. The lowest BCUT2D eigenvalue weighted by molar-refractivity contribution is 0.0857. The van der Waals surface area contributed by atoms with Crippen LogP contribution in [0.15, 0.2) is 41.1 Å². The third kappa shape index (κ3) is 4.33. The molecule has 1 aliphatic heterocycles. The summed E-state index contributed by atoms with van der Waals surface area (Å²) in [7, 11) is 0. The number of aryl methyl sites for hydroxylation is 1. The van der Waals surface area contributed by atoms with Gasteiger partial charge in [-0.2, -0.15) is 0 Å². The summed E-state index contributed by atoms with van der Waals surface area (Å²) in [6.07, 6.45) is 5.47. The number of ether oxygens (including phenoxy) is 1. The van der Waals surface area contributed by atoms with Crippen molar-refractivity contribution in [3.63, 3.8) is 0 Å². The monoisotopic (exact) mass is 389 g/mol. The van der Waals surface area contributed by atoms with Crippen molar-refractivity contribution in [2.45, 2.75) is 25.9 Å². The smallest absolute Gasteiger partial charge is 0.253 e. The fourth-order valence-electron chi connectivity index (χ4n) is 2.58. The summed E-state index contributed by atoms with van der Waals surface area (Å²) in [6, 6.07) is 7.81. The van der Waals surface area contributed by atoms with Gasteiger partial charge < -0.3 is 15.4 Å². The first-order valence-electron chi connectivity index (χ1n) is 8.00. The maximum Gasteiger partial charge on any atom is 0.253 e. The molecule has 1 saturated heterocycles. The number of nitrogens with zero attached hydrogens (tertiary/aromatic N) is 1. The average molecular weight is 390 g/mol. The fourth-order valence-corrected chi connectivity index (χ4v) is 2.96. The second kappa shape index (κ2) is 7.77. The van der Waals surface area contributed by atoms with Gasteiger partial charge in [-0.05, 0) is 43.5 Å². The second-order valence-corrected chi connectivity index (χ2v) is 6.75. The third-order valence-corrected chi connectivity index (χ3v) is 4.83. The summed E-state index contributed by atoms with van der Waals surface area (Å²) in [6.45, 7) is 3.36. The Morgan fingerprint density at radius 1 is 1.33 bits per heavy atom. The van der Waals surface area contributed by atoms with Gasteiger partial charge in [-0.15, -0.1) is 0 Å². The standard InChI is InChI=1S/C18H20BrN3O2/c1-12-4-5-14(8-17(12)19)22-15-7-13(9-20-10-15)18(23)21-11-16-3-2-6-24-16/h4-5,7-10,16,22H,2-3,6,11H2,1H3,(H,21,23). The van der Waals surface area contributed by atoms with Crippen molar-refractivity contribution in [3.05, 3.63) is 52.3 Å². The molecule has 0 saturated carbocycles. The summed E-state index contributed by atoms with van der Waals surface area (Å²) in [5.74, 6) is -0.133. The van der Waals surface area contributed by atoms with Gasteiger partial charge in [0.05, 0.1) is 23.6 Å². The Kier molecular flexibility index (Phi) is 5.48. The Labute approximate surface area is 149 Å². The molecule has 1 amide bonds. The van der Waals surface area contributed by atoms with Gasteiger partial charge in [0.25, 0.3) is 5.91 Å². The van der Waals surface area contributed by atoms with Crippen LogP contribution in [-0.2, 0) is 4.74 Å². The predicted octanol–water partition coefficient (Wildman–Crippen LogP) is 3.80. The molecular formula is C18H20BrN3O2. The van der Waals surface area contributed by atoms with Gasteiger partial charge in [-0.1, -0.05) is 22.0 Å². The molecule has 2 N–H and O–H groups in total. The highest BCUT2D eigenvalue weighted by atomic mass is 79.9. The zero-order valence-corrected chi connectivity index (χ0v) is 15.1. The first kappa shape index (κ1) is 16.9. The molecule has 1 aromatic carbocycles. The number of benzene rings is 1. The van der Waals surface area contributed by atoms with E-state index in [-0.39, 0.29) is 12.0 Å². The highest BCUT2D eigenvalue weighted by molar-refractivity contribution is 9.10. The third-order valence-electron chi connectivity index (χ3n) is 3.98. The summed E-state index contributed by atoms with van der Waals surface area (Å²) in [5.41, 5.74) is 3.41. The van der Waals surface area contributed by atoms with Crippen LogP contribution in [-0.4, -0.2) is 30.1 Å². The highest BCUT2D eigenvalue weighted by Crippen LogP contribution is 2.23. The Balaban J connectivity index is 1.64. The lowest BCUT2D eigenvalue weighted by Crippen LogP contribution is -2.31. The molecule has 1 fully saturated rings. The number of anilines is 2. The van der Waals surface area contributed by atoms with E-state index in [4.69, 9.17) is 4.74 Å². The normalized spacial score (nSPS) is 16.8. The maximum atomic E-state index is 12.3. The molecule has 2 heterocycles. The van der Waals surface area contributed by atoms with E-state index >= 15 is 0 Å². The van der Waals surface area contributed by atoms with Crippen LogP contribution in [0.3, 0.4) is 0 Å². The van der Waals surface area contributed by atoms with Gasteiger partial charge in [0.15, 0.2) is 0 Å². The van der Waals surface area contributed by atoms with Gasteiger partial charge >= 0.3 is 0 Å². The van der Waals surface area contributed by atoms with Gasteiger partial charge in [0.2, 0.25) is 0 Å². The molecule has 24 heavy (non-hydrogen) atoms. The number of rotatable bonds is 5. The molecule has 0 aliphatic carbocycles. The van der Waals surface area contributed by atoms with Crippen molar-refractivity contribution in [2.75, 3.05) is 18.5 Å². The van der Waals surface area contributed by atoms with Crippen molar-refractivity contribution in [3.8, 4) is 0 Å². The van der Waals surface area contributed by atoms with E-state index in [9.17, 15) is 4.79 Å². The topological polar surface area (TPSA) is 63.2 Å². The minimum Gasteiger partial charge on any atom is -0.376 e. The first-order valence-corrected chi connectivity index (χ1v) is 8.79. The minimum atomic E-state index is -0.133. The highest BCUT2D eigenvalue weighted by Gasteiger charge is 2.17. The molecule has 1 unspecified atom stereocenters. The lowest BCUT2D eigenvalue weighted by Gasteiger charge is -2.12. The molecule has 3 rings (SSSR count). The van der Waals surface area contributed by atoms with Gasteiger partial charge in [0, 0.05) is 29.5 Å². The van der Waals surface area contributed by atoms with Crippen molar-refractivity contribution < 1.29 is 9.53 Å². The molecule has 2 aromatic rings. The van der Waals surface area contributed by atoms with E-state index in [2.05, 4.69) is 31.5 Å². The summed E-state index contributed by atoms with van der Waals surface area (Å²) in [4.78, 5) is 16.4. The Hall–Kier alpha value is -1.92. The molecule has 0 radical (unpaired) electrons. The van der Waals surface area contributed by atoms with Crippen molar-refractivity contribution in [1.82, 2.24) is 10.3 Å². The lowest BCUT2D eigenvalue weighted by atomic mass is 10.2. The molecule has 1 atom stereocenters. The van der Waals surface area contributed by atoms with Crippen LogP contribution in [0.5, 0.6) is 0 Å². The molecule has 126 valence electrons. The summed E-state index contributed by atoms with van der Waals surface area (Å²) in [5, 5.41) is 6.18. The number of carbonyl (C=O) groups excluding carboxylic acids is 1. The quantitative estimate of drug-likeness (QED) is 0.815. The van der Waals surface area contributed by atoms with Crippen molar-refractivity contribution in [1.29, 1.82) is 0 Å². The van der Waals surface area contributed by atoms with Crippen LogP contribution in [0.2, 0.25) is 0 Å².